The van der Waals surface area contributed by atoms with Crippen molar-refractivity contribution in [2.45, 2.75) is 25.3 Å². The summed E-state index contributed by atoms with van der Waals surface area (Å²) in [5, 5.41) is 9.40. The van der Waals surface area contributed by atoms with Crippen molar-refractivity contribution < 1.29 is 9.90 Å². The third-order valence-corrected chi connectivity index (χ3v) is 3.71. The van der Waals surface area contributed by atoms with Gasteiger partial charge < -0.3 is 14.9 Å². The van der Waals surface area contributed by atoms with Crippen LogP contribution in [0.5, 0.6) is 0 Å². The number of piperidine rings is 1. The van der Waals surface area contributed by atoms with Gasteiger partial charge in [-0.3, -0.25) is 4.79 Å². The Bertz CT molecular complexity index is 446. The maximum atomic E-state index is 12.5. The van der Waals surface area contributed by atoms with Crippen molar-refractivity contribution in [1.29, 1.82) is 0 Å². The molecule has 0 spiro atoms. The van der Waals surface area contributed by atoms with Crippen LogP contribution in [0.25, 0.3) is 0 Å². The fourth-order valence-electron chi connectivity index (χ4n) is 2.54. The Balaban J connectivity index is 2.20. The molecule has 4 heteroatoms. The number of aliphatic hydroxyl groups is 1. The predicted molar refractivity (Wildman–Crippen MR) is 76.5 cm³/mol. The molecule has 0 saturated carbocycles. The fraction of sp³-hybridized carbons (Fsp3) is 0.533. The largest absolute Gasteiger partial charge is 0.394 e. The second-order valence-corrected chi connectivity index (χ2v) is 5.28. The van der Waals surface area contributed by atoms with Gasteiger partial charge >= 0.3 is 0 Å². The van der Waals surface area contributed by atoms with Gasteiger partial charge in [0.1, 0.15) is 0 Å². The SMILES string of the molecule is CN(C)c1cccc(C(=O)N2CCCCC2CO)c1. The Morgan fingerprint density at radius 1 is 1.42 bits per heavy atom. The summed E-state index contributed by atoms with van der Waals surface area (Å²) in [6.45, 7) is 0.801. The maximum absolute atomic E-state index is 12.5. The molecule has 0 bridgehead atoms. The van der Waals surface area contributed by atoms with Crippen LogP contribution >= 0.6 is 0 Å². The Hall–Kier alpha value is -1.55. The Morgan fingerprint density at radius 2 is 2.21 bits per heavy atom. The molecule has 19 heavy (non-hydrogen) atoms. The summed E-state index contributed by atoms with van der Waals surface area (Å²) >= 11 is 0. The van der Waals surface area contributed by atoms with Gasteiger partial charge in [0.2, 0.25) is 0 Å². The first-order chi connectivity index (χ1) is 9.13. The highest BCUT2D eigenvalue weighted by Gasteiger charge is 2.26. The molecule has 1 saturated heterocycles. The van der Waals surface area contributed by atoms with Crippen molar-refractivity contribution in [2.75, 3.05) is 32.1 Å². The van der Waals surface area contributed by atoms with Gasteiger partial charge in [0.05, 0.1) is 12.6 Å². The molecule has 1 heterocycles. The van der Waals surface area contributed by atoms with E-state index in [1.54, 1.807) is 0 Å². The minimum Gasteiger partial charge on any atom is -0.394 e. The van der Waals surface area contributed by atoms with Gasteiger partial charge in [-0.25, -0.2) is 0 Å². The van der Waals surface area contributed by atoms with E-state index in [2.05, 4.69) is 0 Å². The third-order valence-electron chi connectivity index (χ3n) is 3.71. The number of carbonyl (C=O) groups is 1. The first kappa shape index (κ1) is 13.9. The van der Waals surface area contributed by atoms with Crippen molar-refractivity contribution in [3.63, 3.8) is 0 Å². The van der Waals surface area contributed by atoms with Gasteiger partial charge in [-0.05, 0) is 37.5 Å². The summed E-state index contributed by atoms with van der Waals surface area (Å²) in [4.78, 5) is 16.3. The number of carbonyl (C=O) groups excluding carboxylic acids is 1. The standard InChI is InChI=1S/C15H22N2O2/c1-16(2)13-8-5-6-12(10-13)15(19)17-9-4-3-7-14(17)11-18/h5-6,8,10,14,18H,3-4,7,9,11H2,1-2H3. The number of aliphatic hydroxyl groups excluding tert-OH is 1. The van der Waals surface area contributed by atoms with E-state index in [0.717, 1.165) is 31.5 Å². The fourth-order valence-corrected chi connectivity index (χ4v) is 2.54. The lowest BCUT2D eigenvalue weighted by molar-refractivity contribution is 0.0503. The number of benzene rings is 1. The van der Waals surface area contributed by atoms with E-state index in [1.165, 1.54) is 0 Å². The normalized spacial score (nSPS) is 19.3. The average Bonchev–Trinajstić information content (AvgIpc) is 2.46. The van der Waals surface area contributed by atoms with E-state index in [9.17, 15) is 9.90 Å². The van der Waals surface area contributed by atoms with Crippen molar-refractivity contribution >= 4 is 11.6 Å². The molecular weight excluding hydrogens is 240 g/mol. The number of hydrogen-bond donors (Lipinski definition) is 1. The third kappa shape index (κ3) is 3.07. The average molecular weight is 262 g/mol. The Morgan fingerprint density at radius 3 is 2.89 bits per heavy atom. The minimum atomic E-state index is -0.0238. The highest BCUT2D eigenvalue weighted by atomic mass is 16.3. The van der Waals surface area contributed by atoms with Crippen LogP contribution in [0.3, 0.4) is 0 Å². The van der Waals surface area contributed by atoms with Crippen LogP contribution in [0.15, 0.2) is 24.3 Å². The van der Waals surface area contributed by atoms with Crippen LogP contribution in [-0.4, -0.2) is 49.2 Å². The van der Waals surface area contributed by atoms with E-state index in [4.69, 9.17) is 0 Å². The van der Waals surface area contributed by atoms with Crippen LogP contribution < -0.4 is 4.90 Å². The zero-order chi connectivity index (χ0) is 13.8. The van der Waals surface area contributed by atoms with E-state index in [1.807, 2.05) is 48.2 Å². The molecule has 1 aromatic carbocycles. The molecular formula is C15H22N2O2. The second kappa shape index (κ2) is 6.06. The lowest BCUT2D eigenvalue weighted by Crippen LogP contribution is -2.45. The van der Waals surface area contributed by atoms with Crippen molar-refractivity contribution in [1.82, 2.24) is 4.90 Å². The molecule has 1 aliphatic heterocycles. The summed E-state index contributed by atoms with van der Waals surface area (Å²) < 4.78 is 0. The van der Waals surface area contributed by atoms with E-state index < -0.39 is 0 Å². The number of rotatable bonds is 3. The summed E-state index contributed by atoms with van der Waals surface area (Å²) in [5.41, 5.74) is 1.72. The van der Waals surface area contributed by atoms with Crippen LogP contribution in [0.1, 0.15) is 29.6 Å². The molecule has 1 aliphatic rings. The van der Waals surface area contributed by atoms with E-state index in [0.29, 0.717) is 5.56 Å². The monoisotopic (exact) mass is 262 g/mol. The predicted octanol–water partition coefficient (Wildman–Crippen LogP) is 1.74. The maximum Gasteiger partial charge on any atom is 0.254 e. The second-order valence-electron chi connectivity index (χ2n) is 5.28. The molecule has 0 radical (unpaired) electrons. The molecule has 4 nitrogen and oxygen atoms in total. The zero-order valence-electron chi connectivity index (χ0n) is 11.7. The molecule has 2 rings (SSSR count). The summed E-state index contributed by atoms with van der Waals surface area (Å²) in [6, 6.07) is 7.62. The lowest BCUT2D eigenvalue weighted by Gasteiger charge is -2.34. The number of hydrogen-bond acceptors (Lipinski definition) is 3. The van der Waals surface area contributed by atoms with Crippen molar-refractivity contribution in [2.24, 2.45) is 0 Å². The number of nitrogens with zero attached hydrogens (tertiary/aromatic N) is 2. The Kier molecular flexibility index (Phi) is 4.43. The molecule has 1 unspecified atom stereocenters. The Labute approximate surface area is 114 Å². The first-order valence-corrected chi connectivity index (χ1v) is 6.82. The van der Waals surface area contributed by atoms with Crippen LogP contribution in [0.4, 0.5) is 5.69 Å². The molecule has 1 N–H and O–H groups in total. The van der Waals surface area contributed by atoms with Gasteiger partial charge in [0, 0.05) is 31.9 Å². The van der Waals surface area contributed by atoms with Gasteiger partial charge in [0.15, 0.2) is 0 Å². The van der Waals surface area contributed by atoms with Gasteiger partial charge in [-0.1, -0.05) is 6.07 Å². The molecule has 1 fully saturated rings. The van der Waals surface area contributed by atoms with Crippen molar-refractivity contribution in [3.05, 3.63) is 29.8 Å². The smallest absolute Gasteiger partial charge is 0.254 e. The quantitative estimate of drug-likeness (QED) is 0.902. The highest BCUT2D eigenvalue weighted by Crippen LogP contribution is 2.21. The lowest BCUT2D eigenvalue weighted by atomic mass is 10.0. The van der Waals surface area contributed by atoms with Gasteiger partial charge in [0.25, 0.3) is 5.91 Å². The molecule has 104 valence electrons. The molecule has 1 amide bonds. The van der Waals surface area contributed by atoms with Crippen LogP contribution in [-0.2, 0) is 0 Å². The van der Waals surface area contributed by atoms with Crippen molar-refractivity contribution in [3.8, 4) is 0 Å². The summed E-state index contributed by atoms with van der Waals surface area (Å²) in [6.07, 6.45) is 3.01. The topological polar surface area (TPSA) is 43.8 Å². The number of amides is 1. The van der Waals surface area contributed by atoms with Crippen LogP contribution in [0.2, 0.25) is 0 Å². The molecule has 1 aromatic rings. The highest BCUT2D eigenvalue weighted by molar-refractivity contribution is 5.95. The molecule has 0 aromatic heterocycles. The van der Waals surface area contributed by atoms with Gasteiger partial charge in [-0.15, -0.1) is 0 Å². The number of anilines is 1. The summed E-state index contributed by atoms with van der Waals surface area (Å²) in [7, 11) is 3.92. The van der Waals surface area contributed by atoms with E-state index >= 15 is 0 Å². The first-order valence-electron chi connectivity index (χ1n) is 6.82. The summed E-state index contributed by atoms with van der Waals surface area (Å²) in [5.74, 6) is 0.0300. The van der Waals surface area contributed by atoms with Crippen LogP contribution in [0, 0.1) is 0 Å². The number of likely N-dealkylation sites (tertiary alicyclic amines) is 1. The minimum absolute atomic E-state index is 0.0238. The van der Waals surface area contributed by atoms with E-state index in [-0.39, 0.29) is 18.6 Å². The molecule has 0 aliphatic carbocycles. The van der Waals surface area contributed by atoms with Gasteiger partial charge in [-0.2, -0.15) is 0 Å². The zero-order valence-corrected chi connectivity index (χ0v) is 11.7. The molecule has 1 atom stereocenters.